The molecule has 11 heteroatoms. The Balaban J connectivity index is 2.29. The number of imidazole rings is 1. The molecule has 0 aliphatic heterocycles. The number of aryl methyl sites for hydroxylation is 1. The zero-order chi connectivity index (χ0) is 21.1. The first-order chi connectivity index (χ1) is 12.9. The number of hydrogen-bond acceptors (Lipinski definition) is 3. The highest BCUT2D eigenvalue weighted by atomic mass is 19.4. The third-order valence-corrected chi connectivity index (χ3v) is 3.84. The minimum atomic E-state index is -4.99. The van der Waals surface area contributed by atoms with Crippen LogP contribution < -0.4 is 0 Å². The van der Waals surface area contributed by atoms with Gasteiger partial charge in [-0.05, 0) is 30.7 Å². The number of carbonyl (C=O) groups is 1. The first-order valence-corrected chi connectivity index (χ1v) is 8.07. The Labute approximate surface area is 156 Å². The molecule has 154 valence electrons. The average molecular weight is 409 g/mol. The van der Waals surface area contributed by atoms with Crippen molar-refractivity contribution in [3.8, 4) is 0 Å². The molecule has 0 saturated carbocycles. The van der Waals surface area contributed by atoms with E-state index in [1.807, 2.05) is 0 Å². The standard InChI is InChI=1S/C17H17F6N3O2/c1-10-24-8-14(25-10)9-26(2-3-27)15(28)6-11-4-12(16(18,19)20)7-13(5-11)17(21,22)23/h4-5,7-8,27H,2-3,6,9H2,1H3,(H,24,25). The number of carbonyl (C=O) groups excluding carboxylic acids is 1. The van der Waals surface area contributed by atoms with Gasteiger partial charge in [-0.1, -0.05) is 0 Å². The second-order valence-corrected chi connectivity index (χ2v) is 6.12. The number of alkyl halides is 6. The molecule has 2 rings (SSSR count). The summed E-state index contributed by atoms with van der Waals surface area (Å²) in [5.41, 5.74) is -2.87. The van der Waals surface area contributed by atoms with Gasteiger partial charge >= 0.3 is 12.4 Å². The highest BCUT2D eigenvalue weighted by Crippen LogP contribution is 2.36. The fraction of sp³-hybridized carbons (Fsp3) is 0.412. The number of aromatic nitrogens is 2. The smallest absolute Gasteiger partial charge is 0.395 e. The molecule has 0 unspecified atom stereocenters. The van der Waals surface area contributed by atoms with Crippen molar-refractivity contribution in [3.05, 3.63) is 52.6 Å². The number of benzene rings is 1. The first kappa shape index (κ1) is 21.7. The number of nitrogens with one attached hydrogen (secondary N) is 1. The number of aromatic amines is 1. The van der Waals surface area contributed by atoms with Crippen LogP contribution in [0.2, 0.25) is 0 Å². The maximum Gasteiger partial charge on any atom is 0.416 e. The van der Waals surface area contributed by atoms with Gasteiger partial charge in [-0.3, -0.25) is 4.79 Å². The minimum Gasteiger partial charge on any atom is -0.395 e. The molecule has 0 radical (unpaired) electrons. The number of halogens is 6. The van der Waals surface area contributed by atoms with Gasteiger partial charge in [-0.2, -0.15) is 26.3 Å². The van der Waals surface area contributed by atoms with E-state index in [9.17, 15) is 31.1 Å². The van der Waals surface area contributed by atoms with E-state index in [4.69, 9.17) is 5.11 Å². The topological polar surface area (TPSA) is 69.2 Å². The van der Waals surface area contributed by atoms with Gasteiger partial charge in [0, 0.05) is 6.54 Å². The molecule has 0 bridgehead atoms. The van der Waals surface area contributed by atoms with Gasteiger partial charge in [0.25, 0.3) is 0 Å². The summed E-state index contributed by atoms with van der Waals surface area (Å²) >= 11 is 0. The number of hydrogen-bond donors (Lipinski definition) is 2. The van der Waals surface area contributed by atoms with Crippen LogP contribution >= 0.6 is 0 Å². The minimum absolute atomic E-state index is 0.00679. The lowest BCUT2D eigenvalue weighted by atomic mass is 10.0. The summed E-state index contributed by atoms with van der Waals surface area (Å²) in [4.78, 5) is 20.4. The molecule has 2 aromatic rings. The molecular weight excluding hydrogens is 392 g/mol. The summed E-state index contributed by atoms with van der Waals surface area (Å²) in [7, 11) is 0. The van der Waals surface area contributed by atoms with Crippen molar-refractivity contribution in [2.75, 3.05) is 13.2 Å². The molecule has 1 heterocycles. The molecule has 0 aliphatic carbocycles. The quantitative estimate of drug-likeness (QED) is 0.720. The van der Waals surface area contributed by atoms with Crippen LogP contribution in [0.4, 0.5) is 26.3 Å². The Morgan fingerprint density at radius 1 is 1.11 bits per heavy atom. The zero-order valence-corrected chi connectivity index (χ0v) is 14.7. The SMILES string of the molecule is Cc1ncc(CN(CCO)C(=O)Cc2cc(C(F)(F)F)cc(C(F)(F)F)c2)[nH]1. The Kier molecular flexibility index (Phi) is 6.37. The van der Waals surface area contributed by atoms with Crippen molar-refractivity contribution < 1.29 is 36.2 Å². The van der Waals surface area contributed by atoms with E-state index in [0.717, 1.165) is 4.90 Å². The molecule has 0 spiro atoms. The summed E-state index contributed by atoms with van der Waals surface area (Å²) in [6, 6.07) is 1.04. The summed E-state index contributed by atoms with van der Waals surface area (Å²) in [6.45, 7) is 1.09. The highest BCUT2D eigenvalue weighted by Gasteiger charge is 2.37. The van der Waals surface area contributed by atoms with Gasteiger partial charge in [-0.25, -0.2) is 4.98 Å². The van der Waals surface area contributed by atoms with Gasteiger partial charge in [0.05, 0.1) is 42.6 Å². The molecule has 1 amide bonds. The van der Waals surface area contributed by atoms with E-state index in [0.29, 0.717) is 23.7 Å². The van der Waals surface area contributed by atoms with Crippen molar-refractivity contribution in [1.82, 2.24) is 14.9 Å². The Morgan fingerprint density at radius 2 is 1.68 bits per heavy atom. The predicted molar refractivity (Wildman–Crippen MR) is 86.0 cm³/mol. The number of aliphatic hydroxyl groups excluding tert-OH is 1. The lowest BCUT2D eigenvalue weighted by Gasteiger charge is -2.22. The summed E-state index contributed by atoms with van der Waals surface area (Å²) in [5, 5.41) is 9.12. The van der Waals surface area contributed by atoms with Crippen LogP contribution in [0, 0.1) is 6.92 Å². The van der Waals surface area contributed by atoms with Crippen LogP contribution in [0.15, 0.2) is 24.4 Å². The van der Waals surface area contributed by atoms with Crippen LogP contribution in [-0.2, 0) is 30.1 Å². The second-order valence-electron chi connectivity index (χ2n) is 6.12. The van der Waals surface area contributed by atoms with E-state index in [1.54, 1.807) is 6.92 Å². The molecule has 2 N–H and O–H groups in total. The van der Waals surface area contributed by atoms with Crippen LogP contribution in [-0.4, -0.2) is 39.0 Å². The Morgan fingerprint density at radius 3 is 2.11 bits per heavy atom. The molecule has 1 aromatic heterocycles. The fourth-order valence-corrected chi connectivity index (χ4v) is 2.58. The lowest BCUT2D eigenvalue weighted by molar-refractivity contribution is -0.143. The number of H-pyrrole nitrogens is 1. The van der Waals surface area contributed by atoms with E-state index in [2.05, 4.69) is 9.97 Å². The van der Waals surface area contributed by atoms with E-state index in [1.165, 1.54) is 6.20 Å². The highest BCUT2D eigenvalue weighted by molar-refractivity contribution is 5.79. The summed E-state index contributed by atoms with van der Waals surface area (Å²) in [5.74, 6) is -0.159. The van der Waals surface area contributed by atoms with Crippen LogP contribution in [0.1, 0.15) is 28.2 Å². The number of rotatable bonds is 6. The van der Waals surface area contributed by atoms with E-state index < -0.39 is 48.0 Å². The zero-order valence-electron chi connectivity index (χ0n) is 14.7. The molecule has 0 saturated heterocycles. The normalized spacial score (nSPS) is 12.3. The molecule has 28 heavy (non-hydrogen) atoms. The molecule has 0 fully saturated rings. The lowest BCUT2D eigenvalue weighted by Crippen LogP contribution is -2.34. The van der Waals surface area contributed by atoms with Crippen LogP contribution in [0.5, 0.6) is 0 Å². The van der Waals surface area contributed by atoms with Gasteiger partial charge in [-0.15, -0.1) is 0 Å². The maximum absolute atomic E-state index is 12.9. The first-order valence-electron chi connectivity index (χ1n) is 8.07. The van der Waals surface area contributed by atoms with Gasteiger partial charge < -0.3 is 15.0 Å². The van der Waals surface area contributed by atoms with Crippen molar-refractivity contribution in [2.45, 2.75) is 32.2 Å². The monoisotopic (exact) mass is 409 g/mol. The van der Waals surface area contributed by atoms with Crippen molar-refractivity contribution in [2.24, 2.45) is 0 Å². The van der Waals surface area contributed by atoms with E-state index in [-0.39, 0.29) is 19.2 Å². The van der Waals surface area contributed by atoms with Crippen molar-refractivity contribution >= 4 is 5.91 Å². The molecule has 0 aliphatic rings. The number of aliphatic hydroxyl groups is 1. The summed E-state index contributed by atoms with van der Waals surface area (Å²) < 4.78 is 77.6. The number of amides is 1. The summed E-state index contributed by atoms with van der Waals surface area (Å²) in [6.07, 6.45) is -9.21. The Hall–Kier alpha value is -2.56. The average Bonchev–Trinajstić information content (AvgIpc) is 2.97. The maximum atomic E-state index is 12.9. The fourth-order valence-electron chi connectivity index (χ4n) is 2.58. The van der Waals surface area contributed by atoms with Gasteiger partial charge in [0.1, 0.15) is 5.82 Å². The van der Waals surface area contributed by atoms with E-state index >= 15 is 0 Å². The Bertz CT molecular complexity index is 797. The van der Waals surface area contributed by atoms with Gasteiger partial charge in [0.2, 0.25) is 5.91 Å². The molecule has 0 atom stereocenters. The second kappa shape index (κ2) is 8.21. The molecule has 5 nitrogen and oxygen atoms in total. The third-order valence-electron chi connectivity index (χ3n) is 3.84. The molecule has 1 aromatic carbocycles. The van der Waals surface area contributed by atoms with Crippen molar-refractivity contribution in [1.29, 1.82) is 0 Å². The number of nitrogens with zero attached hydrogens (tertiary/aromatic N) is 2. The van der Waals surface area contributed by atoms with Gasteiger partial charge in [0.15, 0.2) is 0 Å². The molecular formula is C17H17F6N3O2. The van der Waals surface area contributed by atoms with Crippen LogP contribution in [0.3, 0.4) is 0 Å². The largest absolute Gasteiger partial charge is 0.416 e. The third kappa shape index (κ3) is 5.72. The van der Waals surface area contributed by atoms with Crippen molar-refractivity contribution in [3.63, 3.8) is 0 Å². The predicted octanol–water partition coefficient (Wildman–Crippen LogP) is 3.32. The van der Waals surface area contributed by atoms with Crippen LogP contribution in [0.25, 0.3) is 0 Å².